The Morgan fingerprint density at radius 1 is 1.03 bits per heavy atom. The Kier molecular flexibility index (Phi) is 5.25. The summed E-state index contributed by atoms with van der Waals surface area (Å²) < 4.78 is 33.5. The van der Waals surface area contributed by atoms with Crippen LogP contribution in [-0.4, -0.2) is 21.4 Å². The van der Waals surface area contributed by atoms with Gasteiger partial charge < -0.3 is 10.1 Å². The largest absolute Gasteiger partial charge is 0.497 e. The molecule has 2 aliphatic rings. The molecule has 154 valence electrons. The minimum Gasteiger partial charge on any atom is -0.497 e. The molecule has 0 saturated heterocycles. The van der Waals surface area contributed by atoms with E-state index in [0.717, 1.165) is 19.3 Å². The van der Waals surface area contributed by atoms with Gasteiger partial charge in [0.2, 0.25) is 5.91 Å². The Labute approximate surface area is 171 Å². The first-order chi connectivity index (χ1) is 13.9. The van der Waals surface area contributed by atoms with Crippen LogP contribution >= 0.6 is 0 Å². The Morgan fingerprint density at radius 2 is 1.76 bits per heavy atom. The van der Waals surface area contributed by atoms with Gasteiger partial charge in [-0.2, -0.15) is 0 Å². The summed E-state index contributed by atoms with van der Waals surface area (Å²) in [5.41, 5.74) is 1.57. The molecule has 2 bridgehead atoms. The van der Waals surface area contributed by atoms with E-state index in [9.17, 15) is 13.2 Å². The number of hydrogen-bond acceptors (Lipinski definition) is 4. The van der Waals surface area contributed by atoms with Crippen LogP contribution in [0.25, 0.3) is 0 Å². The van der Waals surface area contributed by atoms with Gasteiger partial charge in [0.05, 0.1) is 12.0 Å². The fourth-order valence-electron chi connectivity index (χ4n) is 4.64. The zero-order valence-corrected chi connectivity index (χ0v) is 17.5. The summed E-state index contributed by atoms with van der Waals surface area (Å²) in [4.78, 5) is 12.9. The van der Waals surface area contributed by atoms with E-state index in [1.54, 1.807) is 50.4 Å². The van der Waals surface area contributed by atoms with Crippen LogP contribution in [0, 0.1) is 24.7 Å². The van der Waals surface area contributed by atoms with E-state index >= 15 is 0 Å². The van der Waals surface area contributed by atoms with E-state index in [1.165, 1.54) is 12.5 Å². The molecule has 1 amide bonds. The SMILES string of the molecule is COc1ccc(NS(=O)(=O)c2cc(NC(=O)C3CC4CCC3C4)ccc2C)cc1. The van der Waals surface area contributed by atoms with Crippen LogP contribution in [-0.2, 0) is 14.8 Å². The molecule has 3 unspecified atom stereocenters. The number of benzene rings is 2. The van der Waals surface area contributed by atoms with Crippen LogP contribution in [0.4, 0.5) is 11.4 Å². The Balaban J connectivity index is 1.51. The van der Waals surface area contributed by atoms with Crippen molar-refractivity contribution >= 4 is 27.3 Å². The quantitative estimate of drug-likeness (QED) is 0.743. The number of aryl methyl sites for hydroxylation is 1. The number of sulfonamides is 1. The highest BCUT2D eigenvalue weighted by Gasteiger charge is 2.43. The van der Waals surface area contributed by atoms with E-state index < -0.39 is 10.0 Å². The van der Waals surface area contributed by atoms with Gasteiger partial charge in [0.1, 0.15) is 5.75 Å². The second-order valence-corrected chi connectivity index (χ2v) is 9.74. The molecule has 2 N–H and O–H groups in total. The van der Waals surface area contributed by atoms with Gasteiger partial charge in [0.25, 0.3) is 10.0 Å². The number of anilines is 2. The molecule has 2 aliphatic carbocycles. The Morgan fingerprint density at radius 3 is 2.38 bits per heavy atom. The second-order valence-electron chi connectivity index (χ2n) is 8.08. The lowest BCUT2D eigenvalue weighted by atomic mass is 9.88. The van der Waals surface area contributed by atoms with E-state index in [0.29, 0.717) is 34.5 Å². The van der Waals surface area contributed by atoms with E-state index in [4.69, 9.17) is 4.74 Å². The summed E-state index contributed by atoms with van der Waals surface area (Å²) in [6.07, 6.45) is 4.46. The molecule has 2 fully saturated rings. The molecule has 2 saturated carbocycles. The molecule has 6 nitrogen and oxygen atoms in total. The maximum atomic E-state index is 12.9. The molecule has 0 spiro atoms. The van der Waals surface area contributed by atoms with Crippen LogP contribution in [0.3, 0.4) is 0 Å². The zero-order valence-electron chi connectivity index (χ0n) is 16.6. The second kappa shape index (κ2) is 7.71. The fourth-order valence-corrected chi connectivity index (χ4v) is 5.97. The van der Waals surface area contributed by atoms with Crippen LogP contribution in [0.15, 0.2) is 47.4 Å². The molecule has 4 rings (SSSR count). The van der Waals surface area contributed by atoms with Gasteiger partial charge in [0, 0.05) is 17.3 Å². The van der Waals surface area contributed by atoms with Crippen molar-refractivity contribution in [2.45, 2.75) is 37.5 Å². The summed E-state index contributed by atoms with van der Waals surface area (Å²) in [6, 6.07) is 11.7. The van der Waals surface area contributed by atoms with E-state index in [-0.39, 0.29) is 16.7 Å². The minimum atomic E-state index is -3.79. The van der Waals surface area contributed by atoms with Crippen LogP contribution < -0.4 is 14.8 Å². The molecule has 0 aromatic heterocycles. The molecular formula is C22H26N2O4S. The molecule has 2 aromatic carbocycles. The third-order valence-electron chi connectivity index (χ3n) is 6.16. The maximum Gasteiger partial charge on any atom is 0.262 e. The molecule has 0 aliphatic heterocycles. The lowest BCUT2D eigenvalue weighted by molar-refractivity contribution is -0.121. The van der Waals surface area contributed by atoms with Crippen molar-refractivity contribution in [3.8, 4) is 5.75 Å². The van der Waals surface area contributed by atoms with Crippen molar-refractivity contribution in [3.05, 3.63) is 48.0 Å². The highest BCUT2D eigenvalue weighted by Crippen LogP contribution is 2.48. The van der Waals surface area contributed by atoms with Gasteiger partial charge in [-0.3, -0.25) is 9.52 Å². The predicted molar refractivity (Wildman–Crippen MR) is 113 cm³/mol. The highest BCUT2D eigenvalue weighted by atomic mass is 32.2. The summed E-state index contributed by atoms with van der Waals surface area (Å²) in [6.45, 7) is 1.74. The van der Waals surface area contributed by atoms with Gasteiger partial charge in [-0.05, 0) is 80.0 Å². The number of amides is 1. The van der Waals surface area contributed by atoms with Crippen molar-refractivity contribution in [1.82, 2.24) is 0 Å². The molecule has 2 aromatic rings. The lowest BCUT2D eigenvalue weighted by Gasteiger charge is -2.21. The normalized spacial score (nSPS) is 23.0. The van der Waals surface area contributed by atoms with Gasteiger partial charge in [-0.1, -0.05) is 12.5 Å². The number of carbonyl (C=O) groups excluding carboxylic acids is 1. The summed E-state index contributed by atoms with van der Waals surface area (Å²) in [5, 5.41) is 2.94. The molecule has 29 heavy (non-hydrogen) atoms. The Bertz CT molecular complexity index is 1020. The van der Waals surface area contributed by atoms with Gasteiger partial charge in [-0.25, -0.2) is 8.42 Å². The van der Waals surface area contributed by atoms with Crippen molar-refractivity contribution < 1.29 is 17.9 Å². The van der Waals surface area contributed by atoms with Gasteiger partial charge in [0.15, 0.2) is 0 Å². The monoisotopic (exact) mass is 414 g/mol. The number of nitrogens with one attached hydrogen (secondary N) is 2. The zero-order chi connectivity index (χ0) is 20.6. The maximum absolute atomic E-state index is 12.9. The number of carbonyl (C=O) groups is 1. The van der Waals surface area contributed by atoms with Crippen molar-refractivity contribution in [1.29, 1.82) is 0 Å². The first kappa shape index (κ1) is 19.8. The molecule has 0 radical (unpaired) electrons. The van der Waals surface area contributed by atoms with Crippen molar-refractivity contribution in [3.63, 3.8) is 0 Å². The number of ether oxygens (including phenoxy) is 1. The number of rotatable bonds is 6. The standard InChI is InChI=1S/C22H26N2O4S/c1-14-3-6-18(23-22(25)20-12-15-4-5-16(20)11-15)13-21(14)29(26,27)24-17-7-9-19(28-2)10-8-17/h3,6-10,13,15-16,20,24H,4-5,11-12H2,1-2H3,(H,23,25). The molecular weight excluding hydrogens is 388 g/mol. The minimum absolute atomic E-state index is 0.00696. The Hall–Kier alpha value is -2.54. The van der Waals surface area contributed by atoms with Crippen molar-refractivity contribution in [2.24, 2.45) is 17.8 Å². The summed E-state index contributed by atoms with van der Waals surface area (Å²) in [5.74, 6) is 1.86. The molecule has 0 heterocycles. The molecule has 3 atom stereocenters. The third kappa shape index (κ3) is 4.10. The summed E-state index contributed by atoms with van der Waals surface area (Å²) in [7, 11) is -2.24. The molecule has 7 heteroatoms. The first-order valence-electron chi connectivity index (χ1n) is 9.94. The van der Waals surface area contributed by atoms with E-state index in [1.807, 2.05) is 0 Å². The van der Waals surface area contributed by atoms with Gasteiger partial charge in [-0.15, -0.1) is 0 Å². The van der Waals surface area contributed by atoms with Crippen LogP contribution in [0.1, 0.15) is 31.2 Å². The third-order valence-corrected chi connectivity index (χ3v) is 7.69. The van der Waals surface area contributed by atoms with Crippen LogP contribution in [0.2, 0.25) is 0 Å². The predicted octanol–water partition coefficient (Wildman–Crippen LogP) is 4.18. The lowest BCUT2D eigenvalue weighted by Crippen LogP contribution is -2.27. The number of fused-ring (bicyclic) bond motifs is 2. The average molecular weight is 415 g/mol. The highest BCUT2D eigenvalue weighted by molar-refractivity contribution is 7.92. The smallest absolute Gasteiger partial charge is 0.262 e. The van der Waals surface area contributed by atoms with Crippen LogP contribution in [0.5, 0.6) is 5.75 Å². The van der Waals surface area contributed by atoms with Gasteiger partial charge >= 0.3 is 0 Å². The summed E-state index contributed by atoms with van der Waals surface area (Å²) >= 11 is 0. The number of hydrogen-bond donors (Lipinski definition) is 2. The fraction of sp³-hybridized carbons (Fsp3) is 0.409. The van der Waals surface area contributed by atoms with Crippen molar-refractivity contribution in [2.75, 3.05) is 17.1 Å². The number of methoxy groups -OCH3 is 1. The average Bonchev–Trinajstić information content (AvgIpc) is 3.33. The first-order valence-corrected chi connectivity index (χ1v) is 11.4. The topological polar surface area (TPSA) is 84.5 Å². The van der Waals surface area contributed by atoms with E-state index in [2.05, 4.69) is 10.0 Å².